The van der Waals surface area contributed by atoms with Crippen molar-refractivity contribution >= 4 is 10.1 Å². The zero-order valence-electron chi connectivity index (χ0n) is 17.3. The summed E-state index contributed by atoms with van der Waals surface area (Å²) in [6.45, 7) is 2.72. The van der Waals surface area contributed by atoms with Crippen LogP contribution in [0.3, 0.4) is 0 Å². The fourth-order valence-electron chi connectivity index (χ4n) is 3.13. The van der Waals surface area contributed by atoms with Gasteiger partial charge < -0.3 is 14.8 Å². The van der Waals surface area contributed by atoms with Crippen molar-refractivity contribution in [3.8, 4) is 11.6 Å². The molecule has 10 heteroatoms. The molecule has 0 fully saturated rings. The molecule has 9 nitrogen and oxygen atoms in total. The summed E-state index contributed by atoms with van der Waals surface area (Å²) in [5.41, 5.74) is 1.25. The lowest BCUT2D eigenvalue weighted by molar-refractivity contribution is 0.106. The Kier molecular flexibility index (Phi) is 9.57. The van der Waals surface area contributed by atoms with Gasteiger partial charge in [-0.05, 0) is 37.6 Å². The quantitative estimate of drug-likeness (QED) is 0.303. The lowest BCUT2D eigenvalue weighted by Crippen LogP contribution is -2.23. The topological polar surface area (TPSA) is 125 Å². The fraction of sp³-hybridized carbons (Fsp3) is 0.550. The number of rotatable bonds is 14. The van der Waals surface area contributed by atoms with Gasteiger partial charge in [-0.2, -0.15) is 8.42 Å². The number of hydrogen-bond donors (Lipinski definition) is 3. The lowest BCUT2D eigenvalue weighted by Gasteiger charge is -2.17. The highest BCUT2D eigenvalue weighted by Crippen LogP contribution is 2.15. The van der Waals surface area contributed by atoms with Gasteiger partial charge in [-0.3, -0.25) is 9.45 Å². The molecule has 0 bridgehead atoms. The van der Waals surface area contributed by atoms with E-state index in [9.17, 15) is 18.3 Å². The number of aromatic hydroxyl groups is 1. The van der Waals surface area contributed by atoms with Gasteiger partial charge in [0.25, 0.3) is 10.1 Å². The van der Waals surface area contributed by atoms with Gasteiger partial charge in [0, 0.05) is 19.7 Å². The molecule has 0 unspecified atom stereocenters. The van der Waals surface area contributed by atoms with Gasteiger partial charge >= 0.3 is 5.69 Å². The first-order valence-electron chi connectivity index (χ1n) is 10.1. The Morgan fingerprint density at radius 3 is 2.57 bits per heavy atom. The third-order valence-electron chi connectivity index (χ3n) is 4.69. The predicted octanol–water partition coefficient (Wildman–Crippen LogP) is 2.16. The molecular weight excluding hydrogens is 410 g/mol. The highest BCUT2D eigenvalue weighted by atomic mass is 32.2. The highest BCUT2D eigenvalue weighted by Gasteiger charge is 2.08. The van der Waals surface area contributed by atoms with Crippen LogP contribution in [0.5, 0.6) is 5.88 Å². The normalized spacial score (nSPS) is 12.0. The first-order chi connectivity index (χ1) is 14.3. The van der Waals surface area contributed by atoms with Crippen LogP contribution in [0.15, 0.2) is 35.3 Å². The van der Waals surface area contributed by atoms with Crippen LogP contribution in [-0.2, 0) is 21.4 Å². The molecule has 168 valence electrons. The summed E-state index contributed by atoms with van der Waals surface area (Å²) in [6.07, 6.45) is 5.36. The first kappa shape index (κ1) is 24.1. The van der Waals surface area contributed by atoms with Gasteiger partial charge in [-0.1, -0.05) is 31.4 Å². The van der Waals surface area contributed by atoms with Crippen molar-refractivity contribution in [3.05, 3.63) is 46.5 Å². The van der Waals surface area contributed by atoms with Gasteiger partial charge in [0.2, 0.25) is 5.88 Å². The van der Waals surface area contributed by atoms with E-state index in [0.717, 1.165) is 37.8 Å². The third-order valence-corrected chi connectivity index (χ3v) is 5.49. The summed E-state index contributed by atoms with van der Waals surface area (Å²) in [7, 11) is -1.84. The molecule has 0 atom stereocenters. The van der Waals surface area contributed by atoms with E-state index in [1.54, 1.807) is 6.07 Å². The molecule has 30 heavy (non-hydrogen) atoms. The Labute approximate surface area is 177 Å². The summed E-state index contributed by atoms with van der Waals surface area (Å²) in [4.78, 5) is 16.4. The average molecular weight is 442 g/mol. The number of benzene rings is 1. The maximum Gasteiger partial charge on any atom is 0.333 e. The molecule has 2 aromatic rings. The highest BCUT2D eigenvalue weighted by molar-refractivity contribution is 7.85. The summed E-state index contributed by atoms with van der Waals surface area (Å²) >= 11 is 0. The molecule has 1 aromatic heterocycles. The van der Waals surface area contributed by atoms with Gasteiger partial charge in [-0.25, -0.2) is 9.36 Å². The van der Waals surface area contributed by atoms with E-state index in [2.05, 4.69) is 9.88 Å². The summed E-state index contributed by atoms with van der Waals surface area (Å²) in [6, 6.07) is 7.46. The van der Waals surface area contributed by atoms with E-state index in [4.69, 9.17) is 9.29 Å². The molecule has 1 heterocycles. The van der Waals surface area contributed by atoms with Crippen molar-refractivity contribution in [2.75, 3.05) is 32.6 Å². The van der Waals surface area contributed by atoms with Crippen LogP contribution in [0.25, 0.3) is 5.69 Å². The number of nitrogens with one attached hydrogen (secondary N) is 1. The van der Waals surface area contributed by atoms with E-state index in [-0.39, 0.29) is 17.3 Å². The van der Waals surface area contributed by atoms with E-state index in [1.807, 2.05) is 25.2 Å². The van der Waals surface area contributed by atoms with Crippen LogP contribution < -0.4 is 5.69 Å². The Balaban J connectivity index is 1.61. The molecule has 1 aromatic carbocycles. The van der Waals surface area contributed by atoms with E-state index in [0.29, 0.717) is 31.9 Å². The van der Waals surface area contributed by atoms with Crippen molar-refractivity contribution in [3.63, 3.8) is 0 Å². The molecule has 0 radical (unpaired) electrons. The zero-order valence-corrected chi connectivity index (χ0v) is 18.1. The third kappa shape index (κ3) is 8.70. The van der Waals surface area contributed by atoms with Crippen LogP contribution in [0.2, 0.25) is 0 Å². The van der Waals surface area contributed by atoms with Gasteiger partial charge in [0.15, 0.2) is 0 Å². The number of imidazole rings is 1. The monoisotopic (exact) mass is 441 g/mol. The molecule has 3 N–H and O–H groups in total. The first-order valence-corrected chi connectivity index (χ1v) is 11.7. The van der Waals surface area contributed by atoms with Crippen LogP contribution in [-0.4, -0.2) is 65.1 Å². The van der Waals surface area contributed by atoms with Crippen molar-refractivity contribution in [2.24, 2.45) is 0 Å². The van der Waals surface area contributed by atoms with Crippen LogP contribution in [0.4, 0.5) is 0 Å². The number of H-pyrrole nitrogens is 1. The van der Waals surface area contributed by atoms with Crippen LogP contribution in [0.1, 0.15) is 37.7 Å². The van der Waals surface area contributed by atoms with Gasteiger partial charge in [0.1, 0.15) is 0 Å². The molecule has 0 aliphatic rings. The number of hydrogen-bond acceptors (Lipinski definition) is 6. The second-order valence-corrected chi connectivity index (χ2v) is 8.93. The molecule has 0 amide bonds. The molecule has 0 aliphatic carbocycles. The number of ether oxygens (including phenoxy) is 1. The number of likely N-dealkylation sites (N-methyl/N-ethyl adjacent to an activating group) is 1. The molecule has 0 aliphatic heterocycles. The summed E-state index contributed by atoms with van der Waals surface area (Å²) in [5.74, 6) is -0.292. The van der Waals surface area contributed by atoms with Crippen molar-refractivity contribution in [2.45, 2.75) is 38.6 Å². The minimum absolute atomic E-state index is 0.127. The Hall–Kier alpha value is -2.14. The van der Waals surface area contributed by atoms with Crippen molar-refractivity contribution in [1.29, 1.82) is 0 Å². The SMILES string of the molecule is CN(CCOCCCCCCCS(=O)(=O)O)Cc1cccc(-n2c(O)c[nH]c2=O)c1. The number of aromatic amines is 1. The Morgan fingerprint density at radius 2 is 1.87 bits per heavy atom. The van der Waals surface area contributed by atoms with Crippen LogP contribution >= 0.6 is 0 Å². The lowest BCUT2D eigenvalue weighted by atomic mass is 10.2. The van der Waals surface area contributed by atoms with E-state index >= 15 is 0 Å². The van der Waals surface area contributed by atoms with Crippen molar-refractivity contribution in [1.82, 2.24) is 14.5 Å². The Bertz CT molecular complexity index is 938. The second kappa shape index (κ2) is 11.9. The molecule has 0 saturated carbocycles. The minimum atomic E-state index is -3.83. The summed E-state index contributed by atoms with van der Waals surface area (Å²) in [5, 5.41) is 9.81. The number of unbranched alkanes of at least 4 members (excludes halogenated alkanes) is 4. The smallest absolute Gasteiger partial charge is 0.333 e. The largest absolute Gasteiger partial charge is 0.493 e. The Morgan fingerprint density at radius 1 is 1.13 bits per heavy atom. The summed E-state index contributed by atoms with van der Waals surface area (Å²) < 4.78 is 36.8. The van der Waals surface area contributed by atoms with E-state index in [1.165, 1.54) is 10.8 Å². The maximum absolute atomic E-state index is 11.8. The second-order valence-electron chi connectivity index (χ2n) is 7.36. The number of aromatic nitrogens is 2. The molecular formula is C20H31N3O6S. The number of nitrogens with zero attached hydrogens (tertiary/aromatic N) is 2. The molecule has 2 rings (SSSR count). The standard InChI is InChI=1S/C20H31N3O6S/c1-22(10-12-29-11-5-3-2-4-6-13-30(26,27)28)16-17-8-7-9-18(14-17)23-19(24)15-21-20(23)25/h7-9,14-15,24H,2-6,10-13,16H2,1H3,(H,21,25)(H,26,27,28). The molecule has 0 saturated heterocycles. The minimum Gasteiger partial charge on any atom is -0.493 e. The zero-order chi connectivity index (χ0) is 22.0. The molecule has 0 spiro atoms. The van der Waals surface area contributed by atoms with Gasteiger partial charge in [-0.15, -0.1) is 0 Å². The van der Waals surface area contributed by atoms with E-state index < -0.39 is 10.1 Å². The van der Waals surface area contributed by atoms with Crippen LogP contribution in [0, 0.1) is 0 Å². The average Bonchev–Trinajstić information content (AvgIpc) is 3.01. The maximum atomic E-state index is 11.8. The predicted molar refractivity (Wildman–Crippen MR) is 115 cm³/mol. The van der Waals surface area contributed by atoms with Gasteiger partial charge in [0.05, 0.1) is 24.2 Å². The fourth-order valence-corrected chi connectivity index (χ4v) is 3.70. The van der Waals surface area contributed by atoms with Crippen molar-refractivity contribution < 1.29 is 22.8 Å².